The lowest BCUT2D eigenvalue weighted by atomic mass is 9.72. The van der Waals surface area contributed by atoms with Crippen LogP contribution in [0.2, 0.25) is 0 Å². The lowest BCUT2D eigenvalue weighted by Crippen LogP contribution is -2.32. The predicted molar refractivity (Wildman–Crippen MR) is 70.9 cm³/mol. The number of isocyanates is 1. The summed E-state index contributed by atoms with van der Waals surface area (Å²) in [6, 6.07) is 3.76. The fourth-order valence-electron chi connectivity index (χ4n) is 2.32. The van der Waals surface area contributed by atoms with E-state index in [1.165, 1.54) is 0 Å². The maximum Gasteiger partial charge on any atom is 0.235 e. The monoisotopic (exact) mass is 311 g/mol. The van der Waals surface area contributed by atoms with Crippen molar-refractivity contribution in [2.24, 2.45) is 4.99 Å². The summed E-state index contributed by atoms with van der Waals surface area (Å²) >= 11 is 3.44. The molecule has 0 aromatic heterocycles. The van der Waals surface area contributed by atoms with Gasteiger partial charge < -0.3 is 9.47 Å². The van der Waals surface area contributed by atoms with Crippen molar-refractivity contribution in [2.45, 2.75) is 24.8 Å². The van der Waals surface area contributed by atoms with Crippen LogP contribution in [0.25, 0.3) is 0 Å². The van der Waals surface area contributed by atoms with E-state index in [0.717, 1.165) is 29.3 Å². The van der Waals surface area contributed by atoms with Crippen molar-refractivity contribution in [2.75, 3.05) is 14.2 Å². The highest BCUT2D eigenvalue weighted by Crippen LogP contribution is 2.51. The van der Waals surface area contributed by atoms with Gasteiger partial charge in [-0.15, -0.1) is 0 Å². The number of rotatable bonds is 4. The largest absolute Gasteiger partial charge is 0.493 e. The number of aliphatic imine (C=N–C) groups is 1. The smallest absolute Gasteiger partial charge is 0.235 e. The van der Waals surface area contributed by atoms with E-state index in [-0.39, 0.29) is 0 Å². The Balaban J connectivity index is 2.61. The van der Waals surface area contributed by atoms with Gasteiger partial charge in [0, 0.05) is 10.0 Å². The maximum atomic E-state index is 10.7. The molecule has 96 valence electrons. The van der Waals surface area contributed by atoms with Crippen molar-refractivity contribution in [3.8, 4) is 11.5 Å². The van der Waals surface area contributed by atoms with Gasteiger partial charge in [-0.2, -0.15) is 4.99 Å². The molecule has 0 heterocycles. The topological polar surface area (TPSA) is 47.9 Å². The van der Waals surface area contributed by atoms with Crippen LogP contribution in [0.5, 0.6) is 11.5 Å². The Bertz CT molecular complexity index is 505. The minimum absolute atomic E-state index is 0.496. The molecule has 1 aliphatic rings. The van der Waals surface area contributed by atoms with E-state index in [4.69, 9.17) is 9.47 Å². The third-order valence-corrected chi connectivity index (χ3v) is 3.84. The van der Waals surface area contributed by atoms with E-state index in [2.05, 4.69) is 20.9 Å². The fraction of sp³-hybridized carbons (Fsp3) is 0.462. The molecule has 1 aromatic rings. The fourth-order valence-corrected chi connectivity index (χ4v) is 2.75. The van der Waals surface area contributed by atoms with Crippen LogP contribution < -0.4 is 9.47 Å². The summed E-state index contributed by atoms with van der Waals surface area (Å²) in [6.45, 7) is 0. The molecule has 1 aliphatic carbocycles. The van der Waals surface area contributed by atoms with Crippen LogP contribution in [0, 0.1) is 0 Å². The van der Waals surface area contributed by atoms with Gasteiger partial charge in [-0.25, -0.2) is 4.79 Å². The quantitative estimate of drug-likeness (QED) is 0.634. The molecule has 0 unspecified atom stereocenters. The molecule has 1 fully saturated rings. The van der Waals surface area contributed by atoms with Gasteiger partial charge in [0.05, 0.1) is 14.2 Å². The molecule has 2 rings (SSSR count). The molecule has 0 aliphatic heterocycles. The second kappa shape index (κ2) is 5.12. The molecule has 0 N–H and O–H groups in total. The van der Waals surface area contributed by atoms with Gasteiger partial charge >= 0.3 is 0 Å². The van der Waals surface area contributed by atoms with Crippen LogP contribution in [0.4, 0.5) is 0 Å². The van der Waals surface area contributed by atoms with E-state index in [1.807, 2.05) is 12.1 Å². The molecule has 0 saturated heterocycles. The minimum atomic E-state index is -0.496. The molecule has 1 aromatic carbocycles. The van der Waals surface area contributed by atoms with Crippen molar-refractivity contribution in [1.82, 2.24) is 0 Å². The van der Waals surface area contributed by atoms with E-state index in [0.29, 0.717) is 11.5 Å². The first-order valence-corrected chi connectivity index (χ1v) is 6.47. The second-order valence-electron chi connectivity index (χ2n) is 4.28. The number of hydrogen-bond acceptors (Lipinski definition) is 4. The molecule has 0 atom stereocenters. The summed E-state index contributed by atoms with van der Waals surface area (Å²) in [4.78, 5) is 14.6. The van der Waals surface area contributed by atoms with Crippen LogP contribution in [-0.2, 0) is 10.3 Å². The first-order chi connectivity index (χ1) is 8.66. The number of hydrogen-bond donors (Lipinski definition) is 0. The van der Waals surface area contributed by atoms with Gasteiger partial charge in [0.25, 0.3) is 0 Å². The highest BCUT2D eigenvalue weighted by atomic mass is 79.9. The van der Waals surface area contributed by atoms with Gasteiger partial charge in [0.15, 0.2) is 11.5 Å². The number of halogens is 1. The van der Waals surface area contributed by atoms with E-state index >= 15 is 0 Å². The van der Waals surface area contributed by atoms with Crippen molar-refractivity contribution in [3.63, 3.8) is 0 Å². The molecule has 0 radical (unpaired) electrons. The molecule has 0 bridgehead atoms. The lowest BCUT2D eigenvalue weighted by Gasteiger charge is -2.38. The Morgan fingerprint density at radius 3 is 2.50 bits per heavy atom. The zero-order valence-corrected chi connectivity index (χ0v) is 11.9. The summed E-state index contributed by atoms with van der Waals surface area (Å²) in [7, 11) is 3.18. The molecule has 1 saturated carbocycles. The number of nitrogens with zero attached hydrogens (tertiary/aromatic N) is 1. The molecule has 0 amide bonds. The average Bonchev–Trinajstić information content (AvgIpc) is 2.32. The van der Waals surface area contributed by atoms with Crippen LogP contribution in [0.3, 0.4) is 0 Å². The number of ether oxygens (including phenoxy) is 2. The average molecular weight is 312 g/mol. The summed E-state index contributed by atoms with van der Waals surface area (Å²) < 4.78 is 11.6. The number of benzene rings is 1. The molecular weight excluding hydrogens is 298 g/mol. The van der Waals surface area contributed by atoms with Crippen molar-refractivity contribution in [1.29, 1.82) is 0 Å². The van der Waals surface area contributed by atoms with Crippen LogP contribution >= 0.6 is 15.9 Å². The third kappa shape index (κ3) is 2.04. The first-order valence-electron chi connectivity index (χ1n) is 5.68. The Kier molecular flexibility index (Phi) is 3.73. The lowest BCUT2D eigenvalue weighted by molar-refractivity contribution is 0.242. The highest BCUT2D eigenvalue weighted by Gasteiger charge is 2.42. The normalized spacial score (nSPS) is 16.4. The molecule has 4 nitrogen and oxygen atoms in total. The standard InChI is InChI=1S/C13H14BrNO3/c1-17-11-7-9(14)6-10(12(11)18-2)13(15-8-16)4-3-5-13/h6-7H,3-5H2,1-2H3. The minimum Gasteiger partial charge on any atom is -0.493 e. The maximum absolute atomic E-state index is 10.7. The van der Waals surface area contributed by atoms with Crippen molar-refractivity contribution >= 4 is 22.0 Å². The second-order valence-corrected chi connectivity index (χ2v) is 5.19. The predicted octanol–water partition coefficient (Wildman–Crippen LogP) is 3.18. The molecular formula is C13H14BrNO3. The van der Waals surface area contributed by atoms with E-state index < -0.39 is 5.54 Å². The SMILES string of the molecule is COc1cc(Br)cc(C2(N=C=O)CCC2)c1OC. The van der Waals surface area contributed by atoms with Gasteiger partial charge in [-0.3, -0.25) is 0 Å². The Hall–Kier alpha value is -1.32. The van der Waals surface area contributed by atoms with E-state index in [9.17, 15) is 4.79 Å². The Labute approximate surface area is 114 Å². The zero-order chi connectivity index (χ0) is 13.2. The Morgan fingerprint density at radius 1 is 1.33 bits per heavy atom. The third-order valence-electron chi connectivity index (χ3n) is 3.39. The highest BCUT2D eigenvalue weighted by molar-refractivity contribution is 9.10. The molecule has 18 heavy (non-hydrogen) atoms. The summed E-state index contributed by atoms with van der Waals surface area (Å²) in [5, 5.41) is 0. The van der Waals surface area contributed by atoms with Crippen molar-refractivity contribution < 1.29 is 14.3 Å². The summed E-state index contributed by atoms with van der Waals surface area (Å²) in [5.41, 5.74) is 0.385. The summed E-state index contributed by atoms with van der Waals surface area (Å²) in [6.07, 6.45) is 4.39. The van der Waals surface area contributed by atoms with Crippen LogP contribution in [0.15, 0.2) is 21.6 Å². The van der Waals surface area contributed by atoms with Crippen LogP contribution in [0.1, 0.15) is 24.8 Å². The number of carbonyl (C=O) groups excluding carboxylic acids is 1. The van der Waals surface area contributed by atoms with E-state index in [1.54, 1.807) is 20.3 Å². The van der Waals surface area contributed by atoms with Crippen molar-refractivity contribution in [3.05, 3.63) is 22.2 Å². The summed E-state index contributed by atoms with van der Waals surface area (Å²) in [5.74, 6) is 1.27. The van der Waals surface area contributed by atoms with Gasteiger partial charge in [-0.05, 0) is 31.4 Å². The first kappa shape index (κ1) is 13.1. The number of methoxy groups -OCH3 is 2. The molecule has 5 heteroatoms. The zero-order valence-electron chi connectivity index (χ0n) is 10.3. The van der Waals surface area contributed by atoms with Gasteiger partial charge in [0.1, 0.15) is 5.54 Å². The molecule has 0 spiro atoms. The Morgan fingerprint density at radius 2 is 2.06 bits per heavy atom. The van der Waals surface area contributed by atoms with Crippen LogP contribution in [-0.4, -0.2) is 20.3 Å². The van der Waals surface area contributed by atoms with Gasteiger partial charge in [-0.1, -0.05) is 15.9 Å². The van der Waals surface area contributed by atoms with Gasteiger partial charge in [0.2, 0.25) is 6.08 Å².